The Balaban J connectivity index is 1.94. The van der Waals surface area contributed by atoms with E-state index in [1.807, 2.05) is 12.1 Å². The van der Waals surface area contributed by atoms with Gasteiger partial charge in [0.25, 0.3) is 0 Å². The predicted octanol–water partition coefficient (Wildman–Crippen LogP) is 2.82. The molecule has 0 aromatic heterocycles. The van der Waals surface area contributed by atoms with Crippen LogP contribution in [0.4, 0.5) is 5.69 Å². The van der Waals surface area contributed by atoms with Crippen LogP contribution in [0.5, 0.6) is 11.5 Å². The third-order valence-corrected chi connectivity index (χ3v) is 4.51. The summed E-state index contributed by atoms with van der Waals surface area (Å²) in [7, 11) is 3.85. The normalized spacial score (nSPS) is 22.6. The minimum absolute atomic E-state index is 0.0603. The first-order chi connectivity index (χ1) is 9.74. The van der Waals surface area contributed by atoms with E-state index in [1.54, 1.807) is 7.11 Å². The van der Waals surface area contributed by atoms with Gasteiger partial charge in [0.15, 0.2) is 0 Å². The first-order valence-corrected chi connectivity index (χ1v) is 6.86. The molecule has 0 saturated heterocycles. The lowest BCUT2D eigenvalue weighted by Crippen LogP contribution is -2.34. The van der Waals surface area contributed by atoms with E-state index in [-0.39, 0.29) is 5.41 Å². The van der Waals surface area contributed by atoms with Gasteiger partial charge in [-0.25, -0.2) is 0 Å². The number of methoxy groups -OCH3 is 1. The molecule has 0 bridgehead atoms. The number of hydrogen-bond donors (Lipinski definition) is 0. The second-order valence-electron chi connectivity index (χ2n) is 5.61. The largest absolute Gasteiger partial charge is 0.497 e. The second-order valence-corrected chi connectivity index (χ2v) is 5.61. The summed E-state index contributed by atoms with van der Waals surface area (Å²) in [5, 5.41) is 0. The van der Waals surface area contributed by atoms with Crippen molar-refractivity contribution in [3.63, 3.8) is 0 Å². The molecule has 3 heteroatoms. The monoisotopic (exact) mass is 267 g/mol. The van der Waals surface area contributed by atoms with Crippen LogP contribution in [0.2, 0.25) is 0 Å². The molecule has 1 unspecified atom stereocenters. The van der Waals surface area contributed by atoms with Gasteiger partial charge in [0, 0.05) is 24.8 Å². The summed E-state index contributed by atoms with van der Waals surface area (Å²) in [5.41, 5.74) is 3.84. The molecule has 0 aliphatic carbocycles. The van der Waals surface area contributed by atoms with E-state index in [1.165, 1.54) is 16.8 Å². The summed E-state index contributed by atoms with van der Waals surface area (Å²) in [6.07, 6.45) is 0. The molecule has 20 heavy (non-hydrogen) atoms. The molecule has 2 aromatic rings. The maximum Gasteiger partial charge on any atom is 0.123 e. The number of ether oxygens (including phenoxy) is 2. The number of likely N-dealkylation sites (N-methyl/N-ethyl adjacent to an activating group) is 1. The lowest BCUT2D eigenvalue weighted by atomic mass is 9.78. The summed E-state index contributed by atoms with van der Waals surface area (Å²) < 4.78 is 11.3. The Morgan fingerprint density at radius 2 is 2.00 bits per heavy atom. The quantitative estimate of drug-likeness (QED) is 0.793. The van der Waals surface area contributed by atoms with Gasteiger partial charge in [-0.3, -0.25) is 0 Å². The number of para-hydroxylation sites is 1. The van der Waals surface area contributed by atoms with Crippen LogP contribution in [0.15, 0.2) is 42.5 Å². The zero-order chi connectivity index (χ0) is 13.7. The third kappa shape index (κ3) is 1.35. The van der Waals surface area contributed by atoms with Crippen LogP contribution in [0.3, 0.4) is 0 Å². The molecule has 102 valence electrons. The van der Waals surface area contributed by atoms with Gasteiger partial charge in [-0.15, -0.1) is 0 Å². The Hall–Kier alpha value is -2.16. The smallest absolute Gasteiger partial charge is 0.123 e. The summed E-state index contributed by atoms with van der Waals surface area (Å²) in [6, 6.07) is 14.7. The minimum atomic E-state index is -0.0603. The van der Waals surface area contributed by atoms with Gasteiger partial charge in [-0.1, -0.05) is 18.2 Å². The van der Waals surface area contributed by atoms with Crippen molar-refractivity contribution in [3.05, 3.63) is 53.6 Å². The van der Waals surface area contributed by atoms with Crippen LogP contribution in [-0.4, -0.2) is 27.3 Å². The summed E-state index contributed by atoms with van der Waals surface area (Å²) in [6.45, 7) is 1.66. The predicted molar refractivity (Wildman–Crippen MR) is 79.0 cm³/mol. The van der Waals surface area contributed by atoms with E-state index >= 15 is 0 Å². The van der Waals surface area contributed by atoms with Crippen LogP contribution in [0, 0.1) is 0 Å². The van der Waals surface area contributed by atoms with E-state index < -0.39 is 0 Å². The Kier molecular flexibility index (Phi) is 2.28. The summed E-state index contributed by atoms with van der Waals surface area (Å²) >= 11 is 0. The number of rotatable bonds is 1. The molecular weight excluding hydrogens is 250 g/mol. The van der Waals surface area contributed by atoms with Gasteiger partial charge >= 0.3 is 0 Å². The van der Waals surface area contributed by atoms with Gasteiger partial charge in [0.2, 0.25) is 0 Å². The van der Waals surface area contributed by atoms with Crippen molar-refractivity contribution in [3.8, 4) is 11.5 Å². The fourth-order valence-electron chi connectivity index (χ4n) is 3.55. The molecule has 0 amide bonds. The lowest BCUT2D eigenvalue weighted by Gasteiger charge is -2.23. The minimum Gasteiger partial charge on any atom is -0.497 e. The van der Waals surface area contributed by atoms with Crippen LogP contribution in [0.25, 0.3) is 0 Å². The number of benzene rings is 2. The fourth-order valence-corrected chi connectivity index (χ4v) is 3.55. The van der Waals surface area contributed by atoms with E-state index in [9.17, 15) is 0 Å². The van der Waals surface area contributed by atoms with Gasteiger partial charge in [-0.05, 0) is 29.8 Å². The first kappa shape index (κ1) is 11.6. The highest BCUT2D eigenvalue weighted by molar-refractivity contribution is 5.69. The van der Waals surface area contributed by atoms with Crippen molar-refractivity contribution >= 4 is 5.69 Å². The van der Waals surface area contributed by atoms with Crippen molar-refractivity contribution in [1.29, 1.82) is 0 Å². The SMILES string of the molecule is COc1ccc2c(c1)C1(CO2)CN(C)c2ccccc21. The van der Waals surface area contributed by atoms with E-state index in [0.717, 1.165) is 18.0 Å². The second kappa shape index (κ2) is 3.92. The number of fused-ring (bicyclic) bond motifs is 4. The Morgan fingerprint density at radius 3 is 2.85 bits per heavy atom. The highest BCUT2D eigenvalue weighted by Gasteiger charge is 2.48. The van der Waals surface area contributed by atoms with Crippen molar-refractivity contribution in [2.45, 2.75) is 5.41 Å². The average molecular weight is 267 g/mol. The molecule has 2 aromatic carbocycles. The van der Waals surface area contributed by atoms with Crippen molar-refractivity contribution in [2.24, 2.45) is 0 Å². The average Bonchev–Trinajstić information content (AvgIpc) is 3.00. The topological polar surface area (TPSA) is 21.7 Å². The summed E-state index contributed by atoms with van der Waals surface area (Å²) in [4.78, 5) is 2.31. The van der Waals surface area contributed by atoms with Gasteiger partial charge in [0.05, 0.1) is 12.5 Å². The molecule has 1 atom stereocenters. The van der Waals surface area contributed by atoms with Crippen LogP contribution < -0.4 is 14.4 Å². The number of hydrogen-bond acceptors (Lipinski definition) is 3. The zero-order valence-electron chi connectivity index (χ0n) is 11.7. The lowest BCUT2D eigenvalue weighted by molar-refractivity contribution is 0.300. The van der Waals surface area contributed by atoms with E-state index in [0.29, 0.717) is 6.61 Å². The Bertz CT molecular complexity index is 682. The highest BCUT2D eigenvalue weighted by atomic mass is 16.5. The Labute approximate surface area is 118 Å². The van der Waals surface area contributed by atoms with Gasteiger partial charge in [0.1, 0.15) is 18.1 Å². The summed E-state index contributed by atoms with van der Waals surface area (Å²) in [5.74, 6) is 1.87. The zero-order valence-corrected chi connectivity index (χ0v) is 11.7. The molecule has 3 nitrogen and oxygen atoms in total. The van der Waals surface area contributed by atoms with Crippen LogP contribution >= 0.6 is 0 Å². The third-order valence-electron chi connectivity index (χ3n) is 4.51. The molecule has 2 aliphatic rings. The molecular formula is C17H17NO2. The van der Waals surface area contributed by atoms with Crippen LogP contribution in [0.1, 0.15) is 11.1 Å². The molecule has 1 spiro atoms. The molecule has 0 fully saturated rings. The first-order valence-electron chi connectivity index (χ1n) is 6.86. The number of nitrogens with zero attached hydrogens (tertiary/aromatic N) is 1. The molecule has 2 aliphatic heterocycles. The maximum absolute atomic E-state index is 5.96. The fraction of sp³-hybridized carbons (Fsp3) is 0.294. The van der Waals surface area contributed by atoms with Crippen LogP contribution in [-0.2, 0) is 5.41 Å². The van der Waals surface area contributed by atoms with Crippen molar-refractivity contribution in [1.82, 2.24) is 0 Å². The maximum atomic E-state index is 5.96. The van der Waals surface area contributed by atoms with Crippen molar-refractivity contribution in [2.75, 3.05) is 32.2 Å². The standard InChI is InChI=1S/C17H17NO2/c1-18-10-17(13-5-3-4-6-15(13)18)11-20-16-8-7-12(19-2)9-14(16)17/h3-9H,10-11H2,1-2H3. The van der Waals surface area contributed by atoms with Gasteiger partial charge < -0.3 is 14.4 Å². The molecule has 0 radical (unpaired) electrons. The van der Waals surface area contributed by atoms with E-state index in [2.05, 4.69) is 42.3 Å². The molecule has 4 rings (SSSR count). The molecule has 0 saturated carbocycles. The van der Waals surface area contributed by atoms with E-state index in [4.69, 9.17) is 9.47 Å². The van der Waals surface area contributed by atoms with Crippen molar-refractivity contribution < 1.29 is 9.47 Å². The molecule has 2 heterocycles. The number of anilines is 1. The van der Waals surface area contributed by atoms with Gasteiger partial charge in [-0.2, -0.15) is 0 Å². The Morgan fingerprint density at radius 1 is 1.15 bits per heavy atom. The highest BCUT2D eigenvalue weighted by Crippen LogP contribution is 2.51. The molecule has 0 N–H and O–H groups in total.